The van der Waals surface area contributed by atoms with Crippen molar-refractivity contribution < 1.29 is 12.8 Å². The summed E-state index contributed by atoms with van der Waals surface area (Å²) >= 11 is 11.8. The minimum absolute atomic E-state index is 0.00988. The average Bonchev–Trinajstić information content (AvgIpc) is 2.39. The van der Waals surface area contributed by atoms with E-state index in [1.807, 2.05) is 0 Å². The number of sulfonamides is 1. The molecule has 0 spiro atoms. The first-order valence-electron chi connectivity index (χ1n) is 5.75. The van der Waals surface area contributed by atoms with E-state index in [2.05, 4.69) is 4.72 Å². The molecule has 0 amide bonds. The van der Waals surface area contributed by atoms with Gasteiger partial charge in [0.15, 0.2) is 0 Å². The third-order valence-electron chi connectivity index (χ3n) is 2.80. The van der Waals surface area contributed by atoms with Crippen LogP contribution in [0.5, 0.6) is 0 Å². The van der Waals surface area contributed by atoms with Crippen LogP contribution in [0, 0.1) is 12.7 Å². The molecule has 0 aromatic heterocycles. The Morgan fingerprint density at radius 2 is 1.90 bits per heavy atom. The molecule has 0 radical (unpaired) electrons. The monoisotopic (exact) mass is 348 g/mol. The summed E-state index contributed by atoms with van der Waals surface area (Å²) in [4.78, 5) is -0.254. The second-order valence-electron chi connectivity index (χ2n) is 4.33. The Kier molecular flexibility index (Phi) is 4.32. The van der Waals surface area contributed by atoms with Gasteiger partial charge in [-0.3, -0.25) is 4.72 Å². The van der Waals surface area contributed by atoms with E-state index in [0.717, 1.165) is 6.07 Å². The predicted octanol–water partition coefficient (Wildman–Crippen LogP) is 3.82. The van der Waals surface area contributed by atoms with Gasteiger partial charge in [-0.15, -0.1) is 0 Å². The molecule has 0 aliphatic heterocycles. The molecule has 0 aliphatic carbocycles. The molecule has 2 rings (SSSR count). The van der Waals surface area contributed by atoms with E-state index in [4.69, 9.17) is 28.9 Å². The number of hydrogen-bond donors (Lipinski definition) is 2. The van der Waals surface area contributed by atoms with E-state index in [0.29, 0.717) is 0 Å². The fourth-order valence-electron chi connectivity index (χ4n) is 1.74. The van der Waals surface area contributed by atoms with Crippen LogP contribution in [0.4, 0.5) is 15.8 Å². The summed E-state index contributed by atoms with van der Waals surface area (Å²) < 4.78 is 40.6. The largest absolute Gasteiger partial charge is 0.399 e. The fourth-order valence-corrected chi connectivity index (χ4v) is 3.50. The quantitative estimate of drug-likeness (QED) is 0.828. The van der Waals surface area contributed by atoms with E-state index in [1.54, 1.807) is 6.07 Å². The molecule has 2 aromatic carbocycles. The maximum Gasteiger partial charge on any atom is 0.262 e. The van der Waals surface area contributed by atoms with Crippen molar-refractivity contribution in [1.82, 2.24) is 0 Å². The average molecular weight is 349 g/mol. The Hall–Kier alpha value is -1.50. The molecular weight excluding hydrogens is 338 g/mol. The summed E-state index contributed by atoms with van der Waals surface area (Å²) in [7, 11) is -4.04. The van der Waals surface area contributed by atoms with E-state index >= 15 is 0 Å². The van der Waals surface area contributed by atoms with Gasteiger partial charge in [0.05, 0.1) is 20.6 Å². The van der Waals surface area contributed by atoms with Gasteiger partial charge < -0.3 is 5.73 Å². The molecule has 0 saturated carbocycles. The maximum atomic E-state index is 13.6. The number of anilines is 2. The van der Waals surface area contributed by atoms with Gasteiger partial charge in [0, 0.05) is 11.3 Å². The second kappa shape index (κ2) is 5.71. The fraction of sp³-hybridized carbons (Fsp3) is 0.0769. The Morgan fingerprint density at radius 3 is 2.57 bits per heavy atom. The molecular formula is C13H11Cl2FN2O2S. The highest BCUT2D eigenvalue weighted by Gasteiger charge is 2.21. The summed E-state index contributed by atoms with van der Waals surface area (Å²) in [6, 6.07) is 6.75. The molecule has 8 heteroatoms. The Labute approximate surface area is 131 Å². The van der Waals surface area contributed by atoms with Crippen LogP contribution in [-0.2, 0) is 10.0 Å². The molecule has 0 aliphatic rings. The number of rotatable bonds is 3. The van der Waals surface area contributed by atoms with E-state index in [-0.39, 0.29) is 31.9 Å². The van der Waals surface area contributed by atoms with Gasteiger partial charge in [-0.05, 0) is 31.2 Å². The summed E-state index contributed by atoms with van der Waals surface area (Å²) in [6.07, 6.45) is 0. The normalized spacial score (nSPS) is 11.4. The van der Waals surface area contributed by atoms with Crippen molar-refractivity contribution in [3.8, 4) is 0 Å². The molecule has 0 heterocycles. The lowest BCUT2D eigenvalue weighted by Gasteiger charge is -2.13. The summed E-state index contributed by atoms with van der Waals surface area (Å²) in [5.41, 5.74) is 5.57. The van der Waals surface area contributed by atoms with Crippen molar-refractivity contribution in [3.05, 3.63) is 51.8 Å². The van der Waals surface area contributed by atoms with Crippen molar-refractivity contribution in [2.45, 2.75) is 11.8 Å². The second-order valence-corrected chi connectivity index (χ2v) is 6.77. The highest BCUT2D eigenvalue weighted by atomic mass is 35.5. The van der Waals surface area contributed by atoms with Gasteiger partial charge >= 0.3 is 0 Å². The Balaban J connectivity index is 2.51. The van der Waals surface area contributed by atoms with Crippen molar-refractivity contribution in [2.24, 2.45) is 0 Å². The van der Waals surface area contributed by atoms with E-state index in [1.165, 1.54) is 25.1 Å². The molecule has 0 bridgehead atoms. The van der Waals surface area contributed by atoms with Gasteiger partial charge in [-0.2, -0.15) is 0 Å². The molecule has 4 nitrogen and oxygen atoms in total. The summed E-state index contributed by atoms with van der Waals surface area (Å²) in [5, 5.41) is 0.261. The number of halogens is 3. The Morgan fingerprint density at radius 1 is 1.24 bits per heavy atom. The summed E-state index contributed by atoms with van der Waals surface area (Å²) in [6.45, 7) is 1.35. The molecule has 0 atom stereocenters. The number of nitrogens with two attached hydrogens (primary N) is 1. The van der Waals surface area contributed by atoms with E-state index in [9.17, 15) is 12.8 Å². The predicted molar refractivity (Wildman–Crippen MR) is 82.8 cm³/mol. The van der Waals surface area contributed by atoms with E-state index < -0.39 is 15.8 Å². The van der Waals surface area contributed by atoms with Crippen LogP contribution in [0.25, 0.3) is 0 Å². The minimum Gasteiger partial charge on any atom is -0.399 e. The van der Waals surface area contributed by atoms with Crippen molar-refractivity contribution >= 4 is 44.6 Å². The zero-order chi connectivity index (χ0) is 15.8. The van der Waals surface area contributed by atoms with Gasteiger partial charge in [0.2, 0.25) is 0 Å². The smallest absolute Gasteiger partial charge is 0.262 e. The first-order valence-corrected chi connectivity index (χ1v) is 7.99. The van der Waals surface area contributed by atoms with Crippen LogP contribution >= 0.6 is 23.2 Å². The molecule has 0 saturated heterocycles. The van der Waals surface area contributed by atoms with Crippen molar-refractivity contribution in [2.75, 3.05) is 10.5 Å². The lowest BCUT2D eigenvalue weighted by molar-refractivity contribution is 0.591. The lowest BCUT2D eigenvalue weighted by atomic mass is 10.2. The van der Waals surface area contributed by atoms with Crippen LogP contribution in [-0.4, -0.2) is 8.42 Å². The SMILES string of the molecule is Cc1c(F)cc(N)cc1S(=O)(=O)Nc1cccc(Cl)c1Cl. The maximum absolute atomic E-state index is 13.6. The standard InChI is InChI=1S/C13H11Cl2FN2O2S/c1-7-10(16)5-8(17)6-12(7)21(19,20)18-11-4-2-3-9(14)13(11)15/h2-6,18H,17H2,1H3. The molecule has 112 valence electrons. The highest BCUT2D eigenvalue weighted by molar-refractivity contribution is 7.92. The van der Waals surface area contributed by atoms with Crippen LogP contribution in [0.1, 0.15) is 5.56 Å². The van der Waals surface area contributed by atoms with Crippen LogP contribution in [0.2, 0.25) is 10.0 Å². The molecule has 2 aromatic rings. The number of nitrogen functional groups attached to an aromatic ring is 1. The summed E-state index contributed by atoms with van der Waals surface area (Å²) in [5.74, 6) is -0.701. The van der Waals surface area contributed by atoms with Gasteiger partial charge in [-0.25, -0.2) is 12.8 Å². The molecule has 3 N–H and O–H groups in total. The lowest BCUT2D eigenvalue weighted by Crippen LogP contribution is -2.15. The molecule has 21 heavy (non-hydrogen) atoms. The van der Waals surface area contributed by atoms with Gasteiger partial charge in [0.1, 0.15) is 5.82 Å². The number of hydrogen-bond acceptors (Lipinski definition) is 3. The zero-order valence-corrected chi connectivity index (χ0v) is 13.2. The van der Waals surface area contributed by atoms with Crippen molar-refractivity contribution in [3.63, 3.8) is 0 Å². The zero-order valence-electron chi connectivity index (χ0n) is 10.8. The molecule has 0 unspecified atom stereocenters. The first-order chi connectivity index (χ1) is 9.72. The van der Waals surface area contributed by atoms with Gasteiger partial charge in [0.25, 0.3) is 10.0 Å². The van der Waals surface area contributed by atoms with Crippen LogP contribution in [0.15, 0.2) is 35.2 Å². The minimum atomic E-state index is -4.04. The third kappa shape index (κ3) is 3.23. The molecule has 0 fully saturated rings. The highest BCUT2D eigenvalue weighted by Crippen LogP contribution is 2.32. The van der Waals surface area contributed by atoms with Gasteiger partial charge in [-0.1, -0.05) is 29.3 Å². The number of benzene rings is 2. The van der Waals surface area contributed by atoms with Crippen molar-refractivity contribution in [1.29, 1.82) is 0 Å². The Bertz CT molecular complexity index is 810. The van der Waals surface area contributed by atoms with Crippen LogP contribution < -0.4 is 10.5 Å². The number of nitrogens with one attached hydrogen (secondary N) is 1. The topological polar surface area (TPSA) is 72.2 Å². The first kappa shape index (κ1) is 15.9. The third-order valence-corrected chi connectivity index (χ3v) is 5.12. The van der Waals surface area contributed by atoms with Crippen LogP contribution in [0.3, 0.4) is 0 Å².